The van der Waals surface area contributed by atoms with E-state index < -0.39 is 30.5 Å². The van der Waals surface area contributed by atoms with Gasteiger partial charge in [0.2, 0.25) is 0 Å². The first-order valence-corrected chi connectivity index (χ1v) is 5.45. The van der Waals surface area contributed by atoms with Crippen LogP contribution in [0.5, 0.6) is 0 Å². The zero-order chi connectivity index (χ0) is 12.6. The van der Waals surface area contributed by atoms with Crippen LogP contribution in [-0.4, -0.2) is 18.6 Å². The summed E-state index contributed by atoms with van der Waals surface area (Å²) in [7, 11) is 0. The Morgan fingerprint density at radius 3 is 2.78 bits per heavy atom. The van der Waals surface area contributed by atoms with E-state index in [0.717, 1.165) is 12.1 Å². The van der Waals surface area contributed by atoms with Crippen molar-refractivity contribution in [2.75, 3.05) is 6.61 Å². The zero-order valence-corrected chi connectivity index (χ0v) is 11.2. The van der Waals surface area contributed by atoms with E-state index >= 15 is 0 Å². The number of rotatable bonds is 1. The van der Waals surface area contributed by atoms with Gasteiger partial charge in [-0.2, -0.15) is 0 Å². The SMILES string of the molecule is Cl.O=C1N[C@H](c2cc(F)ccc2Br)C(F)(F)CO1. The second-order valence-corrected chi connectivity index (χ2v) is 4.43. The highest BCUT2D eigenvalue weighted by molar-refractivity contribution is 9.10. The number of nitrogens with one attached hydrogen (secondary N) is 1. The van der Waals surface area contributed by atoms with Gasteiger partial charge in [-0.15, -0.1) is 12.4 Å². The van der Waals surface area contributed by atoms with Gasteiger partial charge in [-0.1, -0.05) is 15.9 Å². The van der Waals surface area contributed by atoms with Crippen LogP contribution in [0.1, 0.15) is 11.6 Å². The second-order valence-electron chi connectivity index (χ2n) is 3.58. The predicted molar refractivity (Wildman–Crippen MR) is 63.5 cm³/mol. The summed E-state index contributed by atoms with van der Waals surface area (Å²) in [6.45, 7) is -1.02. The maximum Gasteiger partial charge on any atom is 0.408 e. The van der Waals surface area contributed by atoms with Crippen molar-refractivity contribution in [1.82, 2.24) is 5.32 Å². The molecule has 1 N–H and O–H groups in total. The molecule has 1 heterocycles. The highest BCUT2D eigenvalue weighted by atomic mass is 79.9. The Morgan fingerprint density at radius 1 is 1.44 bits per heavy atom. The molecule has 0 bridgehead atoms. The zero-order valence-electron chi connectivity index (χ0n) is 8.75. The largest absolute Gasteiger partial charge is 0.443 e. The molecule has 1 aromatic carbocycles. The molecule has 0 spiro atoms. The molecule has 0 unspecified atom stereocenters. The van der Waals surface area contributed by atoms with E-state index in [0.29, 0.717) is 4.47 Å². The third kappa shape index (κ3) is 2.89. The third-order valence-electron chi connectivity index (χ3n) is 2.35. The molecule has 3 nitrogen and oxygen atoms in total. The van der Waals surface area contributed by atoms with Crippen LogP contribution in [0, 0.1) is 5.82 Å². The number of benzene rings is 1. The lowest BCUT2D eigenvalue weighted by Gasteiger charge is -2.32. The number of amides is 1. The Kier molecular flexibility index (Phi) is 4.50. The first-order valence-electron chi connectivity index (χ1n) is 4.66. The number of carbonyl (C=O) groups excluding carboxylic acids is 1. The van der Waals surface area contributed by atoms with Crippen molar-refractivity contribution in [2.24, 2.45) is 0 Å². The number of ether oxygens (including phenoxy) is 1. The third-order valence-corrected chi connectivity index (χ3v) is 3.07. The van der Waals surface area contributed by atoms with Gasteiger partial charge in [0.1, 0.15) is 11.9 Å². The molecule has 1 aliphatic heterocycles. The molecule has 1 saturated heterocycles. The fraction of sp³-hybridized carbons (Fsp3) is 0.300. The number of hydrogen-bond donors (Lipinski definition) is 1. The number of carbonyl (C=O) groups is 1. The highest BCUT2D eigenvalue weighted by Crippen LogP contribution is 2.37. The van der Waals surface area contributed by atoms with E-state index in [1.54, 1.807) is 0 Å². The first kappa shape index (κ1) is 15.1. The van der Waals surface area contributed by atoms with Crippen molar-refractivity contribution in [1.29, 1.82) is 0 Å². The van der Waals surface area contributed by atoms with E-state index in [2.05, 4.69) is 20.7 Å². The van der Waals surface area contributed by atoms with Crippen molar-refractivity contribution >= 4 is 34.4 Å². The van der Waals surface area contributed by atoms with Gasteiger partial charge in [0.15, 0.2) is 6.61 Å². The minimum absolute atomic E-state index is 0. The molecule has 0 aromatic heterocycles. The summed E-state index contributed by atoms with van der Waals surface area (Å²) < 4.78 is 44.7. The van der Waals surface area contributed by atoms with Gasteiger partial charge in [-0.3, -0.25) is 0 Å². The summed E-state index contributed by atoms with van der Waals surface area (Å²) in [6, 6.07) is 1.79. The van der Waals surface area contributed by atoms with Crippen molar-refractivity contribution in [3.8, 4) is 0 Å². The van der Waals surface area contributed by atoms with Crippen molar-refractivity contribution < 1.29 is 22.7 Å². The Hall–Kier alpha value is -0.950. The summed E-state index contributed by atoms with van der Waals surface area (Å²) in [6.07, 6.45) is -0.947. The summed E-state index contributed by atoms with van der Waals surface area (Å²) in [5.74, 6) is -3.94. The molecule has 0 radical (unpaired) electrons. The van der Waals surface area contributed by atoms with Crippen molar-refractivity contribution in [3.05, 3.63) is 34.1 Å². The fourth-order valence-corrected chi connectivity index (χ4v) is 2.03. The van der Waals surface area contributed by atoms with Crippen LogP contribution in [0.15, 0.2) is 22.7 Å². The number of halogens is 5. The number of alkyl halides is 2. The van der Waals surface area contributed by atoms with Crippen LogP contribution in [0.4, 0.5) is 18.0 Å². The van der Waals surface area contributed by atoms with Gasteiger partial charge in [-0.05, 0) is 23.8 Å². The van der Waals surface area contributed by atoms with Crippen LogP contribution in [-0.2, 0) is 4.74 Å². The molecule has 18 heavy (non-hydrogen) atoms. The molecule has 8 heteroatoms. The van der Waals surface area contributed by atoms with Gasteiger partial charge >= 0.3 is 12.0 Å². The maximum absolute atomic E-state index is 13.6. The van der Waals surface area contributed by atoms with Gasteiger partial charge in [-0.25, -0.2) is 18.0 Å². The van der Waals surface area contributed by atoms with Crippen LogP contribution >= 0.6 is 28.3 Å². The lowest BCUT2D eigenvalue weighted by molar-refractivity contribution is -0.104. The van der Waals surface area contributed by atoms with E-state index in [1.165, 1.54) is 6.07 Å². The van der Waals surface area contributed by atoms with Crippen LogP contribution < -0.4 is 5.32 Å². The Labute approximate surface area is 115 Å². The maximum atomic E-state index is 13.6. The van der Waals surface area contributed by atoms with Crippen LogP contribution in [0.3, 0.4) is 0 Å². The highest BCUT2D eigenvalue weighted by Gasteiger charge is 2.47. The number of cyclic esters (lactones) is 1. The molecule has 1 aliphatic rings. The van der Waals surface area contributed by atoms with Gasteiger partial charge in [0.25, 0.3) is 0 Å². The second kappa shape index (κ2) is 5.36. The smallest absolute Gasteiger partial charge is 0.408 e. The standard InChI is InChI=1S/C10H7BrF3NO2.ClH/c11-7-2-1-5(12)3-6(7)8-10(13,14)4-17-9(16)15-8;/h1-3,8H,4H2,(H,15,16);1H/t8-;/m1./s1. The quantitative estimate of drug-likeness (QED) is 0.846. The lowest BCUT2D eigenvalue weighted by Crippen LogP contribution is -2.49. The monoisotopic (exact) mass is 345 g/mol. The normalized spacial score (nSPS) is 21.6. The Bertz CT molecular complexity index is 472. The van der Waals surface area contributed by atoms with Crippen LogP contribution in [0.2, 0.25) is 0 Å². The topological polar surface area (TPSA) is 38.3 Å². The van der Waals surface area contributed by atoms with Crippen molar-refractivity contribution in [3.63, 3.8) is 0 Å². The molecule has 0 aliphatic carbocycles. The number of alkyl carbamates (subject to hydrolysis) is 1. The predicted octanol–water partition coefficient (Wildman–Crippen LogP) is 3.43. The Morgan fingerprint density at radius 2 is 2.11 bits per heavy atom. The summed E-state index contributed by atoms with van der Waals surface area (Å²) >= 11 is 3.05. The van der Waals surface area contributed by atoms with Gasteiger partial charge in [0.05, 0.1) is 0 Å². The van der Waals surface area contributed by atoms with Crippen LogP contribution in [0.25, 0.3) is 0 Å². The van der Waals surface area contributed by atoms with Gasteiger partial charge < -0.3 is 10.1 Å². The molecule has 1 fully saturated rings. The molecule has 100 valence electrons. The average Bonchev–Trinajstić information content (AvgIpc) is 2.26. The first-order chi connectivity index (χ1) is 7.90. The van der Waals surface area contributed by atoms with E-state index in [9.17, 15) is 18.0 Å². The summed E-state index contributed by atoms with van der Waals surface area (Å²) in [4.78, 5) is 11.0. The van der Waals surface area contributed by atoms with Gasteiger partial charge in [0, 0.05) is 4.47 Å². The molecule has 0 saturated carbocycles. The van der Waals surface area contributed by atoms with E-state index in [-0.39, 0.29) is 18.0 Å². The van der Waals surface area contributed by atoms with Crippen molar-refractivity contribution in [2.45, 2.75) is 12.0 Å². The average molecular weight is 347 g/mol. The fourth-order valence-electron chi connectivity index (χ4n) is 1.55. The molecule has 1 aromatic rings. The summed E-state index contributed by atoms with van der Waals surface area (Å²) in [5.41, 5.74) is -0.0216. The molecule has 1 amide bonds. The van der Waals surface area contributed by atoms with E-state index in [4.69, 9.17) is 0 Å². The number of hydrogen-bond acceptors (Lipinski definition) is 2. The summed E-state index contributed by atoms with van der Waals surface area (Å²) in [5, 5.41) is 1.98. The molecular weight excluding hydrogens is 338 g/mol. The van der Waals surface area contributed by atoms with E-state index in [1.807, 2.05) is 5.32 Å². The molecular formula is C10H8BrClF3NO2. The molecule has 1 atom stereocenters. The lowest BCUT2D eigenvalue weighted by atomic mass is 10.00. The minimum atomic E-state index is -3.29. The minimum Gasteiger partial charge on any atom is -0.443 e. The Balaban J connectivity index is 0.00000162. The molecule has 2 rings (SSSR count).